The number of hydrogen-bond donors (Lipinski definition) is 2. The van der Waals surface area contributed by atoms with Gasteiger partial charge in [-0.05, 0) is 56.7 Å². The molecule has 0 bridgehead atoms. The zero-order chi connectivity index (χ0) is 19.2. The number of rotatable bonds is 6. The third kappa shape index (κ3) is 4.82. The van der Waals surface area contributed by atoms with Crippen LogP contribution in [0.3, 0.4) is 0 Å². The number of aryl methyl sites for hydroxylation is 1. The maximum absolute atomic E-state index is 12.5. The van der Waals surface area contributed by atoms with Gasteiger partial charge >= 0.3 is 0 Å². The summed E-state index contributed by atoms with van der Waals surface area (Å²) in [6.45, 7) is 5.88. The van der Waals surface area contributed by atoms with Gasteiger partial charge in [-0.15, -0.1) is 10.2 Å². The van der Waals surface area contributed by atoms with E-state index in [4.69, 9.17) is 4.74 Å². The van der Waals surface area contributed by atoms with Gasteiger partial charge in [0.1, 0.15) is 5.75 Å². The first-order chi connectivity index (χ1) is 13.0. The first-order valence-electron chi connectivity index (χ1n) is 8.76. The van der Waals surface area contributed by atoms with Gasteiger partial charge in [-0.1, -0.05) is 30.3 Å². The summed E-state index contributed by atoms with van der Waals surface area (Å²) in [7, 11) is 0. The Hall–Kier alpha value is -3.41. The molecular weight excluding hydrogens is 340 g/mol. The van der Waals surface area contributed by atoms with Crippen molar-refractivity contribution in [3.63, 3.8) is 0 Å². The van der Waals surface area contributed by atoms with Gasteiger partial charge in [0.05, 0.1) is 11.8 Å². The van der Waals surface area contributed by atoms with Crippen LogP contribution in [-0.2, 0) is 0 Å². The summed E-state index contributed by atoms with van der Waals surface area (Å²) in [5.41, 5.74) is 2.87. The van der Waals surface area contributed by atoms with Gasteiger partial charge < -0.3 is 15.4 Å². The highest BCUT2D eigenvalue weighted by Crippen LogP contribution is 2.25. The van der Waals surface area contributed by atoms with Crippen LogP contribution >= 0.6 is 0 Å². The van der Waals surface area contributed by atoms with Crippen molar-refractivity contribution in [2.45, 2.75) is 26.9 Å². The Morgan fingerprint density at radius 3 is 2.30 bits per heavy atom. The maximum Gasteiger partial charge on any atom is 0.276 e. The van der Waals surface area contributed by atoms with Gasteiger partial charge in [0.25, 0.3) is 5.91 Å². The van der Waals surface area contributed by atoms with E-state index in [0.29, 0.717) is 17.3 Å². The quantitative estimate of drug-likeness (QED) is 0.672. The Kier molecular flexibility index (Phi) is 5.66. The highest BCUT2D eigenvalue weighted by Gasteiger charge is 2.12. The molecule has 6 nitrogen and oxygen atoms in total. The van der Waals surface area contributed by atoms with Crippen molar-refractivity contribution in [2.24, 2.45) is 0 Å². The molecule has 0 atom stereocenters. The Labute approximate surface area is 158 Å². The minimum atomic E-state index is -0.343. The fraction of sp³-hybridized carbons (Fsp3) is 0.190. The lowest BCUT2D eigenvalue weighted by atomic mass is 10.2. The standard InChI is InChI=1S/C21H22N4O2/c1-14(2)27-19-11-7-6-10-17(19)23-21(26)18-12-13-20(25-24-18)22-16-9-5-4-8-15(16)3/h4-14H,1-3H3,(H,22,25)(H,23,26). The average Bonchev–Trinajstić information content (AvgIpc) is 2.65. The minimum Gasteiger partial charge on any atom is -0.489 e. The van der Waals surface area contributed by atoms with E-state index in [9.17, 15) is 4.79 Å². The number of amides is 1. The average molecular weight is 362 g/mol. The van der Waals surface area contributed by atoms with Crippen LogP contribution in [0.5, 0.6) is 5.75 Å². The van der Waals surface area contributed by atoms with Crippen molar-refractivity contribution in [3.8, 4) is 5.75 Å². The smallest absolute Gasteiger partial charge is 0.276 e. The van der Waals surface area contributed by atoms with Crippen molar-refractivity contribution < 1.29 is 9.53 Å². The van der Waals surface area contributed by atoms with Crippen LogP contribution in [0.25, 0.3) is 0 Å². The number of aromatic nitrogens is 2. The lowest BCUT2D eigenvalue weighted by molar-refractivity contribution is 0.102. The van der Waals surface area contributed by atoms with Crippen LogP contribution in [0.1, 0.15) is 29.9 Å². The molecule has 0 fully saturated rings. The summed E-state index contributed by atoms with van der Waals surface area (Å²) in [5.74, 6) is 0.848. The molecule has 0 spiro atoms. The zero-order valence-electron chi connectivity index (χ0n) is 15.6. The lowest BCUT2D eigenvalue weighted by Gasteiger charge is -2.14. The summed E-state index contributed by atoms with van der Waals surface area (Å²) in [6.07, 6.45) is 0.00893. The van der Waals surface area contributed by atoms with Gasteiger partial charge in [-0.25, -0.2) is 0 Å². The molecule has 3 aromatic rings. The van der Waals surface area contributed by atoms with Crippen LogP contribution in [0.4, 0.5) is 17.2 Å². The SMILES string of the molecule is Cc1ccccc1Nc1ccc(C(=O)Nc2ccccc2OC(C)C)nn1. The number of benzene rings is 2. The Bertz CT molecular complexity index is 923. The Morgan fingerprint density at radius 2 is 1.63 bits per heavy atom. The highest BCUT2D eigenvalue weighted by atomic mass is 16.5. The number of hydrogen-bond acceptors (Lipinski definition) is 5. The number of nitrogens with one attached hydrogen (secondary N) is 2. The minimum absolute atomic E-state index is 0.00893. The molecule has 0 radical (unpaired) electrons. The van der Waals surface area contributed by atoms with Crippen LogP contribution < -0.4 is 15.4 Å². The lowest BCUT2D eigenvalue weighted by Crippen LogP contribution is -2.16. The molecule has 0 aliphatic carbocycles. The van der Waals surface area contributed by atoms with E-state index in [1.165, 1.54) is 0 Å². The van der Waals surface area contributed by atoms with Crippen molar-refractivity contribution in [2.75, 3.05) is 10.6 Å². The molecule has 0 aliphatic rings. The fourth-order valence-corrected chi connectivity index (χ4v) is 2.48. The monoisotopic (exact) mass is 362 g/mol. The Balaban J connectivity index is 1.70. The van der Waals surface area contributed by atoms with E-state index < -0.39 is 0 Å². The van der Waals surface area contributed by atoms with Gasteiger partial charge in [0.15, 0.2) is 11.5 Å². The molecule has 1 heterocycles. The van der Waals surface area contributed by atoms with Crippen LogP contribution in [0, 0.1) is 6.92 Å². The summed E-state index contributed by atoms with van der Waals surface area (Å²) in [4.78, 5) is 12.5. The predicted octanol–water partition coefficient (Wildman–Crippen LogP) is 4.57. The van der Waals surface area contributed by atoms with Crippen molar-refractivity contribution in [1.29, 1.82) is 0 Å². The number of nitrogens with zero attached hydrogens (tertiary/aromatic N) is 2. The number of carbonyl (C=O) groups is 1. The van der Waals surface area contributed by atoms with E-state index >= 15 is 0 Å². The molecule has 138 valence electrons. The van der Waals surface area contributed by atoms with Crippen LogP contribution in [-0.4, -0.2) is 22.2 Å². The second-order valence-electron chi connectivity index (χ2n) is 6.36. The maximum atomic E-state index is 12.5. The second kappa shape index (κ2) is 8.31. The first-order valence-corrected chi connectivity index (χ1v) is 8.76. The third-order valence-electron chi connectivity index (χ3n) is 3.80. The topological polar surface area (TPSA) is 76.1 Å². The van der Waals surface area contributed by atoms with Gasteiger partial charge in [0.2, 0.25) is 0 Å². The van der Waals surface area contributed by atoms with E-state index in [2.05, 4.69) is 20.8 Å². The first kappa shape index (κ1) is 18.4. The van der Waals surface area contributed by atoms with E-state index in [1.807, 2.05) is 63.2 Å². The van der Waals surface area contributed by atoms with Crippen molar-refractivity contribution in [3.05, 3.63) is 71.9 Å². The predicted molar refractivity (Wildman–Crippen MR) is 107 cm³/mol. The molecule has 0 saturated carbocycles. The van der Waals surface area contributed by atoms with Crippen LogP contribution in [0.15, 0.2) is 60.7 Å². The molecule has 1 amide bonds. The van der Waals surface area contributed by atoms with Crippen molar-refractivity contribution in [1.82, 2.24) is 10.2 Å². The number of para-hydroxylation sites is 3. The van der Waals surface area contributed by atoms with Gasteiger partial charge in [-0.3, -0.25) is 4.79 Å². The molecule has 2 aromatic carbocycles. The molecule has 1 aromatic heterocycles. The van der Waals surface area contributed by atoms with Gasteiger partial charge in [-0.2, -0.15) is 0 Å². The second-order valence-corrected chi connectivity index (χ2v) is 6.36. The molecule has 6 heteroatoms. The number of anilines is 3. The molecule has 2 N–H and O–H groups in total. The molecule has 0 unspecified atom stereocenters. The van der Waals surface area contributed by atoms with E-state index in [-0.39, 0.29) is 17.7 Å². The van der Waals surface area contributed by atoms with Gasteiger partial charge in [0, 0.05) is 5.69 Å². The summed E-state index contributed by atoms with van der Waals surface area (Å²) in [5, 5.41) is 14.1. The summed E-state index contributed by atoms with van der Waals surface area (Å²) < 4.78 is 5.72. The fourth-order valence-electron chi connectivity index (χ4n) is 2.48. The van der Waals surface area contributed by atoms with Crippen LogP contribution in [0.2, 0.25) is 0 Å². The largest absolute Gasteiger partial charge is 0.489 e. The molecule has 27 heavy (non-hydrogen) atoms. The van der Waals surface area contributed by atoms with Crippen molar-refractivity contribution >= 4 is 23.1 Å². The zero-order valence-corrected chi connectivity index (χ0v) is 15.6. The molecule has 0 saturated heterocycles. The molecule has 3 rings (SSSR count). The number of ether oxygens (including phenoxy) is 1. The number of carbonyl (C=O) groups excluding carboxylic acids is 1. The molecule has 0 aliphatic heterocycles. The Morgan fingerprint density at radius 1 is 0.926 bits per heavy atom. The normalized spacial score (nSPS) is 10.5. The summed E-state index contributed by atoms with van der Waals surface area (Å²) >= 11 is 0. The third-order valence-corrected chi connectivity index (χ3v) is 3.80. The van der Waals surface area contributed by atoms with E-state index in [0.717, 1.165) is 11.3 Å². The summed E-state index contributed by atoms with van der Waals surface area (Å²) in [6, 6.07) is 18.6. The molecular formula is C21H22N4O2. The highest BCUT2D eigenvalue weighted by molar-refractivity contribution is 6.03. The van der Waals surface area contributed by atoms with E-state index in [1.54, 1.807) is 18.2 Å².